The van der Waals surface area contributed by atoms with Crippen LogP contribution in [0.25, 0.3) is 0 Å². The van der Waals surface area contributed by atoms with Crippen LogP contribution in [-0.2, 0) is 22.0 Å². The standard InChI is InChI=1S/C10H18ClN3O2/c1-8(4-5-15-2)14-10(7-16-3)9(6-11)12-13-14/h8H,4-7H2,1-3H3. The number of methoxy groups -OCH3 is 2. The Kier molecular flexibility index (Phi) is 5.73. The molecular weight excluding hydrogens is 230 g/mol. The average Bonchev–Trinajstić information content (AvgIpc) is 2.69. The molecular formula is C10H18ClN3O2. The van der Waals surface area contributed by atoms with Gasteiger partial charge in [0.15, 0.2) is 0 Å². The Balaban J connectivity index is 2.81. The highest BCUT2D eigenvalue weighted by Gasteiger charge is 2.16. The molecule has 0 N–H and O–H groups in total. The van der Waals surface area contributed by atoms with E-state index in [1.165, 1.54) is 0 Å². The average molecular weight is 248 g/mol. The third-order valence-electron chi connectivity index (χ3n) is 2.44. The van der Waals surface area contributed by atoms with Crippen molar-refractivity contribution < 1.29 is 9.47 Å². The van der Waals surface area contributed by atoms with Crippen molar-refractivity contribution in [1.82, 2.24) is 15.0 Å². The van der Waals surface area contributed by atoms with Crippen LogP contribution in [-0.4, -0.2) is 35.8 Å². The quantitative estimate of drug-likeness (QED) is 0.689. The van der Waals surface area contributed by atoms with Crippen LogP contribution in [0.2, 0.25) is 0 Å². The molecule has 1 rings (SSSR count). The molecule has 5 nitrogen and oxygen atoms in total. The minimum atomic E-state index is 0.231. The number of alkyl halides is 1. The predicted octanol–water partition coefficient (Wildman–Crippen LogP) is 1.76. The van der Waals surface area contributed by atoms with Crippen molar-refractivity contribution in [2.24, 2.45) is 0 Å². The van der Waals surface area contributed by atoms with Gasteiger partial charge < -0.3 is 9.47 Å². The number of aromatic nitrogens is 3. The minimum absolute atomic E-state index is 0.231. The molecule has 0 saturated carbocycles. The highest BCUT2D eigenvalue weighted by Crippen LogP contribution is 2.17. The molecule has 0 aliphatic heterocycles. The fourth-order valence-corrected chi connectivity index (χ4v) is 1.71. The number of halogens is 1. The highest BCUT2D eigenvalue weighted by molar-refractivity contribution is 6.16. The van der Waals surface area contributed by atoms with E-state index in [1.54, 1.807) is 14.2 Å². The summed E-state index contributed by atoms with van der Waals surface area (Å²) in [6.45, 7) is 3.25. The Morgan fingerprint density at radius 3 is 2.69 bits per heavy atom. The van der Waals surface area contributed by atoms with E-state index in [4.69, 9.17) is 21.1 Å². The number of hydrogen-bond acceptors (Lipinski definition) is 4. The first kappa shape index (κ1) is 13.4. The van der Waals surface area contributed by atoms with E-state index in [9.17, 15) is 0 Å². The lowest BCUT2D eigenvalue weighted by Crippen LogP contribution is -2.13. The molecule has 0 aromatic carbocycles. The van der Waals surface area contributed by atoms with Gasteiger partial charge in [-0.15, -0.1) is 16.7 Å². The van der Waals surface area contributed by atoms with Gasteiger partial charge in [-0.05, 0) is 13.3 Å². The van der Waals surface area contributed by atoms with Crippen LogP contribution in [0, 0.1) is 0 Å². The first-order chi connectivity index (χ1) is 7.74. The van der Waals surface area contributed by atoms with Crippen molar-refractivity contribution in [3.05, 3.63) is 11.4 Å². The second-order valence-electron chi connectivity index (χ2n) is 3.62. The zero-order chi connectivity index (χ0) is 12.0. The molecule has 16 heavy (non-hydrogen) atoms. The molecule has 0 aliphatic carbocycles. The van der Waals surface area contributed by atoms with E-state index >= 15 is 0 Å². The zero-order valence-electron chi connectivity index (χ0n) is 9.94. The lowest BCUT2D eigenvalue weighted by molar-refractivity contribution is 0.161. The molecule has 1 heterocycles. The van der Waals surface area contributed by atoms with Crippen molar-refractivity contribution >= 4 is 11.6 Å². The van der Waals surface area contributed by atoms with Crippen LogP contribution in [0.4, 0.5) is 0 Å². The SMILES string of the molecule is COCCC(C)n1nnc(CCl)c1COC. The van der Waals surface area contributed by atoms with Gasteiger partial charge in [0, 0.05) is 20.8 Å². The highest BCUT2D eigenvalue weighted by atomic mass is 35.5. The predicted molar refractivity (Wildman–Crippen MR) is 61.5 cm³/mol. The topological polar surface area (TPSA) is 49.2 Å². The van der Waals surface area contributed by atoms with Crippen molar-refractivity contribution in [2.75, 3.05) is 20.8 Å². The molecule has 0 amide bonds. The van der Waals surface area contributed by atoms with E-state index in [-0.39, 0.29) is 6.04 Å². The van der Waals surface area contributed by atoms with Crippen LogP contribution in [0.3, 0.4) is 0 Å². The van der Waals surface area contributed by atoms with Gasteiger partial charge in [0.25, 0.3) is 0 Å². The van der Waals surface area contributed by atoms with Gasteiger partial charge in [-0.3, -0.25) is 0 Å². The van der Waals surface area contributed by atoms with Crippen molar-refractivity contribution in [2.45, 2.75) is 31.9 Å². The summed E-state index contributed by atoms with van der Waals surface area (Å²) in [6.07, 6.45) is 0.887. The second kappa shape index (κ2) is 6.83. The maximum absolute atomic E-state index is 5.79. The Morgan fingerprint density at radius 1 is 1.38 bits per heavy atom. The lowest BCUT2D eigenvalue weighted by Gasteiger charge is -2.14. The van der Waals surface area contributed by atoms with E-state index in [0.29, 0.717) is 19.1 Å². The number of hydrogen-bond donors (Lipinski definition) is 0. The molecule has 6 heteroatoms. The van der Waals surface area contributed by atoms with Gasteiger partial charge in [-0.1, -0.05) is 5.21 Å². The molecule has 92 valence electrons. The maximum Gasteiger partial charge on any atom is 0.103 e. The summed E-state index contributed by atoms with van der Waals surface area (Å²) in [5.74, 6) is 0.357. The van der Waals surface area contributed by atoms with Crippen LogP contribution >= 0.6 is 11.6 Å². The van der Waals surface area contributed by atoms with Gasteiger partial charge in [0.2, 0.25) is 0 Å². The number of nitrogens with zero attached hydrogens (tertiary/aromatic N) is 3. The van der Waals surface area contributed by atoms with E-state index < -0.39 is 0 Å². The molecule has 1 aromatic rings. The lowest BCUT2D eigenvalue weighted by atomic mass is 10.2. The second-order valence-corrected chi connectivity index (χ2v) is 3.89. The Bertz CT molecular complexity index is 317. The third kappa shape index (κ3) is 3.17. The molecule has 0 fully saturated rings. The smallest absolute Gasteiger partial charge is 0.103 e. The van der Waals surface area contributed by atoms with Crippen LogP contribution in [0.5, 0.6) is 0 Å². The largest absolute Gasteiger partial charge is 0.385 e. The minimum Gasteiger partial charge on any atom is -0.385 e. The molecule has 1 unspecified atom stereocenters. The van der Waals surface area contributed by atoms with Gasteiger partial charge >= 0.3 is 0 Å². The van der Waals surface area contributed by atoms with Gasteiger partial charge in [0.1, 0.15) is 5.69 Å². The molecule has 0 bridgehead atoms. The van der Waals surface area contributed by atoms with Crippen molar-refractivity contribution in [3.63, 3.8) is 0 Å². The van der Waals surface area contributed by atoms with E-state index in [1.807, 2.05) is 4.68 Å². The molecule has 0 spiro atoms. The summed E-state index contributed by atoms with van der Waals surface area (Å²) in [5, 5.41) is 8.15. The van der Waals surface area contributed by atoms with Crippen LogP contribution in [0.15, 0.2) is 0 Å². The summed E-state index contributed by atoms with van der Waals surface area (Å²) in [5.41, 5.74) is 1.73. The molecule has 1 atom stereocenters. The first-order valence-electron chi connectivity index (χ1n) is 5.21. The van der Waals surface area contributed by atoms with Crippen LogP contribution in [0.1, 0.15) is 30.8 Å². The summed E-state index contributed by atoms with van der Waals surface area (Å²) in [7, 11) is 3.34. The third-order valence-corrected chi connectivity index (χ3v) is 2.69. The Morgan fingerprint density at radius 2 is 2.12 bits per heavy atom. The fourth-order valence-electron chi connectivity index (χ4n) is 1.50. The Labute approximate surface area is 101 Å². The molecule has 0 saturated heterocycles. The number of ether oxygens (including phenoxy) is 2. The maximum atomic E-state index is 5.79. The van der Waals surface area contributed by atoms with Crippen molar-refractivity contribution in [3.8, 4) is 0 Å². The fraction of sp³-hybridized carbons (Fsp3) is 0.800. The Hall–Kier alpha value is -0.650. The van der Waals surface area contributed by atoms with Gasteiger partial charge in [0.05, 0.1) is 24.2 Å². The summed E-state index contributed by atoms with van der Waals surface area (Å²) >= 11 is 5.79. The molecule has 0 aliphatic rings. The van der Waals surface area contributed by atoms with Gasteiger partial charge in [-0.25, -0.2) is 4.68 Å². The van der Waals surface area contributed by atoms with Gasteiger partial charge in [-0.2, -0.15) is 0 Å². The molecule has 0 radical (unpaired) electrons. The summed E-state index contributed by atoms with van der Waals surface area (Å²) < 4.78 is 12.0. The zero-order valence-corrected chi connectivity index (χ0v) is 10.7. The van der Waals surface area contributed by atoms with Crippen molar-refractivity contribution in [1.29, 1.82) is 0 Å². The molecule has 1 aromatic heterocycles. The van der Waals surface area contributed by atoms with E-state index in [2.05, 4.69) is 17.2 Å². The summed E-state index contributed by atoms with van der Waals surface area (Å²) in [4.78, 5) is 0. The van der Waals surface area contributed by atoms with Crippen LogP contribution < -0.4 is 0 Å². The van der Waals surface area contributed by atoms with E-state index in [0.717, 1.165) is 17.8 Å². The number of rotatable bonds is 7. The first-order valence-corrected chi connectivity index (χ1v) is 5.74. The summed E-state index contributed by atoms with van der Waals surface area (Å²) in [6, 6.07) is 0.231. The normalized spacial score (nSPS) is 13.0. The monoisotopic (exact) mass is 247 g/mol.